The third-order valence-corrected chi connectivity index (χ3v) is 7.81. The number of anilines is 1. The maximum absolute atomic E-state index is 13.4. The van der Waals surface area contributed by atoms with E-state index in [0.29, 0.717) is 30.6 Å². The predicted octanol–water partition coefficient (Wildman–Crippen LogP) is 4.43. The highest BCUT2D eigenvalue weighted by Crippen LogP contribution is 2.34. The summed E-state index contributed by atoms with van der Waals surface area (Å²) in [5, 5.41) is 0.524. The van der Waals surface area contributed by atoms with Gasteiger partial charge in [0.05, 0.1) is 17.4 Å². The van der Waals surface area contributed by atoms with Crippen molar-refractivity contribution in [3.63, 3.8) is 0 Å². The standard InChI is InChI=1S/C27H23F4N5O4S/c28-21-13-18(15-32-16-21)17-35-9-11-36(12-10-35)26(37)20-6-7-22(23(14-20)40-27(29,30)31)34-41(38,39)24-5-1-3-19-4-2-8-33-25(19)24/h1-8,13-16,34H,9-12,17H2. The van der Waals surface area contributed by atoms with Gasteiger partial charge in [-0.05, 0) is 42.0 Å². The molecule has 0 unspecified atom stereocenters. The normalized spacial score (nSPS) is 14.7. The first-order chi connectivity index (χ1) is 19.5. The number of carbonyl (C=O) groups excluding carboxylic acids is 1. The van der Waals surface area contributed by atoms with Crippen molar-refractivity contribution >= 4 is 32.5 Å². The molecule has 2 aromatic carbocycles. The number of hydrogen-bond donors (Lipinski definition) is 1. The number of para-hydroxylation sites is 1. The number of sulfonamides is 1. The molecule has 1 aliphatic heterocycles. The molecular weight excluding hydrogens is 566 g/mol. The maximum Gasteiger partial charge on any atom is 0.573 e. The smallest absolute Gasteiger partial charge is 0.404 e. The second-order valence-corrected chi connectivity index (χ2v) is 10.9. The number of pyridine rings is 2. The van der Waals surface area contributed by atoms with Crippen LogP contribution in [0.15, 0.2) is 78.1 Å². The first-order valence-corrected chi connectivity index (χ1v) is 13.8. The highest BCUT2D eigenvalue weighted by Gasteiger charge is 2.34. The van der Waals surface area contributed by atoms with E-state index in [9.17, 15) is 30.8 Å². The summed E-state index contributed by atoms with van der Waals surface area (Å²) in [6, 6.07) is 12.2. The molecule has 1 fully saturated rings. The molecule has 0 bridgehead atoms. The summed E-state index contributed by atoms with van der Waals surface area (Å²) in [4.78, 5) is 24.3. The van der Waals surface area contributed by atoms with Crippen LogP contribution in [0.4, 0.5) is 23.2 Å². The summed E-state index contributed by atoms with van der Waals surface area (Å²) in [6.07, 6.45) is -1.10. The van der Waals surface area contributed by atoms with Crippen LogP contribution in [-0.4, -0.2) is 66.6 Å². The van der Waals surface area contributed by atoms with E-state index >= 15 is 0 Å². The maximum atomic E-state index is 13.4. The Bertz CT molecular complexity index is 1690. The van der Waals surface area contributed by atoms with Crippen molar-refractivity contribution in [1.29, 1.82) is 0 Å². The van der Waals surface area contributed by atoms with Crippen molar-refractivity contribution in [3.8, 4) is 5.75 Å². The lowest BCUT2D eigenvalue weighted by atomic mass is 10.1. The molecule has 2 aromatic heterocycles. The van der Waals surface area contributed by atoms with Gasteiger partial charge in [-0.1, -0.05) is 18.2 Å². The molecule has 4 aromatic rings. The van der Waals surface area contributed by atoms with Crippen LogP contribution in [0, 0.1) is 5.82 Å². The minimum atomic E-state index is -5.15. The number of piperazine rings is 1. The fourth-order valence-corrected chi connectivity index (χ4v) is 5.78. The summed E-state index contributed by atoms with van der Waals surface area (Å²) in [5.41, 5.74) is 0.207. The number of hydrogen-bond acceptors (Lipinski definition) is 7. The Kier molecular flexibility index (Phi) is 7.78. The van der Waals surface area contributed by atoms with Gasteiger partial charge in [0.1, 0.15) is 10.7 Å². The zero-order valence-corrected chi connectivity index (χ0v) is 22.1. The number of alkyl halides is 3. The van der Waals surface area contributed by atoms with Crippen molar-refractivity contribution in [2.45, 2.75) is 17.8 Å². The van der Waals surface area contributed by atoms with Crippen LogP contribution < -0.4 is 9.46 Å². The van der Waals surface area contributed by atoms with Crippen LogP contribution in [0.2, 0.25) is 0 Å². The minimum absolute atomic E-state index is 0.109. The van der Waals surface area contributed by atoms with E-state index in [2.05, 4.69) is 19.4 Å². The summed E-state index contributed by atoms with van der Waals surface area (Å²) < 4.78 is 85.9. The molecule has 0 saturated carbocycles. The Morgan fingerprint density at radius 2 is 1.76 bits per heavy atom. The van der Waals surface area contributed by atoms with E-state index in [-0.39, 0.29) is 29.1 Å². The van der Waals surface area contributed by atoms with Crippen LogP contribution in [0.1, 0.15) is 15.9 Å². The fraction of sp³-hybridized carbons (Fsp3) is 0.222. The lowest BCUT2D eigenvalue weighted by molar-refractivity contribution is -0.274. The lowest BCUT2D eigenvalue weighted by Gasteiger charge is -2.34. The van der Waals surface area contributed by atoms with E-state index < -0.39 is 39.5 Å². The SMILES string of the molecule is O=C(c1ccc(NS(=O)(=O)c2cccc3cccnc23)c(OC(F)(F)F)c1)N1CCN(Cc2cncc(F)c2)CC1. The highest BCUT2D eigenvalue weighted by atomic mass is 32.2. The van der Waals surface area contributed by atoms with E-state index in [0.717, 1.165) is 18.3 Å². The van der Waals surface area contributed by atoms with Gasteiger partial charge >= 0.3 is 6.36 Å². The number of aromatic nitrogens is 2. The lowest BCUT2D eigenvalue weighted by Crippen LogP contribution is -2.48. The zero-order valence-electron chi connectivity index (χ0n) is 21.3. The average Bonchev–Trinajstić information content (AvgIpc) is 2.93. The highest BCUT2D eigenvalue weighted by molar-refractivity contribution is 7.93. The molecule has 1 aliphatic rings. The summed E-state index contributed by atoms with van der Waals surface area (Å²) in [5.74, 6) is -1.87. The molecule has 14 heteroatoms. The van der Waals surface area contributed by atoms with Crippen molar-refractivity contribution in [2.75, 3.05) is 30.9 Å². The van der Waals surface area contributed by atoms with E-state index in [4.69, 9.17) is 0 Å². The molecule has 1 amide bonds. The second-order valence-electron chi connectivity index (χ2n) is 9.28. The van der Waals surface area contributed by atoms with E-state index in [1.807, 2.05) is 4.90 Å². The molecule has 214 valence electrons. The number of ether oxygens (including phenoxy) is 1. The first kappa shape index (κ1) is 28.2. The van der Waals surface area contributed by atoms with Gasteiger partial charge in [0.15, 0.2) is 5.75 Å². The number of carbonyl (C=O) groups is 1. The Balaban J connectivity index is 1.34. The number of nitrogens with one attached hydrogen (secondary N) is 1. The van der Waals surface area contributed by atoms with Crippen LogP contribution in [0.25, 0.3) is 10.9 Å². The molecule has 0 spiro atoms. The first-order valence-electron chi connectivity index (χ1n) is 12.4. The number of fused-ring (bicyclic) bond motifs is 1. The Hall–Kier alpha value is -4.30. The molecule has 0 aliphatic carbocycles. The molecule has 0 radical (unpaired) electrons. The van der Waals surface area contributed by atoms with Gasteiger partial charge in [0, 0.05) is 56.1 Å². The van der Waals surface area contributed by atoms with Gasteiger partial charge in [-0.15, -0.1) is 13.2 Å². The van der Waals surface area contributed by atoms with Gasteiger partial charge in [0.25, 0.3) is 15.9 Å². The van der Waals surface area contributed by atoms with Crippen molar-refractivity contribution in [3.05, 3.63) is 90.1 Å². The van der Waals surface area contributed by atoms with E-state index in [1.54, 1.807) is 24.4 Å². The quantitative estimate of drug-likeness (QED) is 0.318. The van der Waals surface area contributed by atoms with Gasteiger partial charge < -0.3 is 9.64 Å². The Labute approximate surface area is 232 Å². The third-order valence-electron chi connectivity index (χ3n) is 6.41. The second kappa shape index (κ2) is 11.3. The largest absolute Gasteiger partial charge is 0.573 e. The monoisotopic (exact) mass is 589 g/mol. The van der Waals surface area contributed by atoms with Crippen LogP contribution >= 0.6 is 0 Å². The third kappa shape index (κ3) is 6.72. The fourth-order valence-electron chi connectivity index (χ4n) is 4.53. The molecule has 5 rings (SSSR count). The molecule has 41 heavy (non-hydrogen) atoms. The van der Waals surface area contributed by atoms with Gasteiger partial charge in [-0.2, -0.15) is 0 Å². The molecule has 1 saturated heterocycles. The Morgan fingerprint density at radius 1 is 1.00 bits per heavy atom. The van der Waals surface area contributed by atoms with Crippen LogP contribution in [0.3, 0.4) is 0 Å². The number of halogens is 4. The summed E-state index contributed by atoms with van der Waals surface area (Å²) in [7, 11) is -4.39. The predicted molar refractivity (Wildman–Crippen MR) is 141 cm³/mol. The van der Waals surface area contributed by atoms with Gasteiger partial charge in [-0.25, -0.2) is 12.8 Å². The van der Waals surface area contributed by atoms with Crippen molar-refractivity contribution < 1.29 is 35.5 Å². The summed E-state index contributed by atoms with van der Waals surface area (Å²) >= 11 is 0. The summed E-state index contributed by atoms with van der Waals surface area (Å²) in [6.45, 7) is 1.88. The zero-order chi connectivity index (χ0) is 29.2. The number of rotatable bonds is 7. The number of benzene rings is 2. The molecule has 0 atom stereocenters. The van der Waals surface area contributed by atoms with Crippen molar-refractivity contribution in [1.82, 2.24) is 19.8 Å². The molecule has 9 nitrogen and oxygen atoms in total. The minimum Gasteiger partial charge on any atom is -0.404 e. The van der Waals surface area contributed by atoms with Crippen molar-refractivity contribution in [2.24, 2.45) is 0 Å². The van der Waals surface area contributed by atoms with Crippen LogP contribution in [0.5, 0.6) is 5.75 Å². The Morgan fingerprint density at radius 3 is 2.49 bits per heavy atom. The van der Waals surface area contributed by atoms with E-state index in [1.165, 1.54) is 35.4 Å². The molecule has 3 heterocycles. The molecular formula is C27H23F4N5O4S. The number of nitrogens with zero attached hydrogens (tertiary/aromatic N) is 4. The van der Waals surface area contributed by atoms with Crippen LogP contribution in [-0.2, 0) is 16.6 Å². The molecule has 1 N–H and O–H groups in total. The van der Waals surface area contributed by atoms with Gasteiger partial charge in [-0.3, -0.25) is 24.4 Å². The topological polar surface area (TPSA) is 105 Å². The average molecular weight is 590 g/mol. The number of amides is 1. The van der Waals surface area contributed by atoms with Gasteiger partial charge in [0.2, 0.25) is 0 Å².